The number of hydrogen-bond acceptors (Lipinski definition) is 2. The van der Waals surface area contributed by atoms with Crippen LogP contribution in [0.3, 0.4) is 0 Å². The first kappa shape index (κ1) is 37.7. The Morgan fingerprint density at radius 2 is 0.574 bits per heavy atom. The number of para-hydroxylation sites is 6. The number of hydrogen-bond donors (Lipinski definition) is 0. The number of nitriles is 2. The minimum atomic E-state index is 0.405. The molecule has 0 radical (unpaired) electrons. The van der Waals surface area contributed by atoms with E-state index in [1.807, 2.05) is 30.3 Å². The lowest BCUT2D eigenvalue weighted by Crippen LogP contribution is -2.09. The van der Waals surface area contributed by atoms with Crippen LogP contribution in [0.15, 0.2) is 218 Å². The van der Waals surface area contributed by atoms with Crippen LogP contribution in [0, 0.1) is 22.7 Å². The highest BCUT2D eigenvalue weighted by molar-refractivity contribution is 6.21. The van der Waals surface area contributed by atoms with Gasteiger partial charge in [0.2, 0.25) is 0 Å². The van der Waals surface area contributed by atoms with Gasteiger partial charge >= 0.3 is 0 Å². The smallest absolute Gasteiger partial charge is 0.101 e. The van der Waals surface area contributed by atoms with Crippen molar-refractivity contribution in [1.29, 1.82) is 10.5 Å². The molecule has 0 spiro atoms. The molecule has 314 valence electrons. The Hall–Kier alpha value is -9.62. The largest absolute Gasteiger partial charge is 0.309 e. The van der Waals surface area contributed by atoms with Crippen molar-refractivity contribution in [2.75, 3.05) is 0 Å². The van der Waals surface area contributed by atoms with E-state index < -0.39 is 0 Å². The topological polar surface area (TPSA) is 67.3 Å². The van der Waals surface area contributed by atoms with Crippen LogP contribution in [0.25, 0.3) is 121 Å². The van der Waals surface area contributed by atoms with Gasteiger partial charge in [-0.15, -0.1) is 0 Å². The Kier molecular flexibility index (Phi) is 8.01. The van der Waals surface area contributed by atoms with Crippen LogP contribution in [-0.2, 0) is 0 Å². The number of nitrogens with zero attached hydrogens (tertiary/aromatic N) is 6. The van der Waals surface area contributed by atoms with Crippen molar-refractivity contribution in [1.82, 2.24) is 18.3 Å². The van der Waals surface area contributed by atoms with Gasteiger partial charge in [0.15, 0.2) is 0 Å². The van der Waals surface area contributed by atoms with Crippen LogP contribution >= 0.6 is 0 Å². The molecule has 0 unspecified atom stereocenters. The second-order valence-electron chi connectivity index (χ2n) is 17.5. The number of fused-ring (bicyclic) bond motifs is 12. The molecule has 0 N–H and O–H groups in total. The van der Waals surface area contributed by atoms with E-state index in [1.165, 1.54) is 10.8 Å². The summed E-state index contributed by atoms with van der Waals surface area (Å²) in [5.74, 6) is 0. The van der Waals surface area contributed by atoms with Crippen molar-refractivity contribution in [3.8, 4) is 46.0 Å². The zero-order valence-corrected chi connectivity index (χ0v) is 36.5. The highest BCUT2D eigenvalue weighted by Gasteiger charge is 2.29. The molecule has 4 heterocycles. The summed E-state index contributed by atoms with van der Waals surface area (Å²) in [6.45, 7) is 0. The van der Waals surface area contributed by atoms with E-state index in [1.54, 1.807) is 6.07 Å². The van der Waals surface area contributed by atoms with Gasteiger partial charge in [-0.2, -0.15) is 10.5 Å². The Labute approximate surface area is 389 Å². The van der Waals surface area contributed by atoms with Crippen LogP contribution in [0.1, 0.15) is 11.1 Å². The van der Waals surface area contributed by atoms with Crippen LogP contribution in [0.2, 0.25) is 0 Å². The lowest BCUT2D eigenvalue weighted by Gasteiger charge is -2.22. The van der Waals surface area contributed by atoms with Crippen LogP contribution in [0.4, 0.5) is 0 Å². The maximum absolute atomic E-state index is 11.4. The molecule has 4 aromatic heterocycles. The van der Waals surface area contributed by atoms with Gasteiger partial charge < -0.3 is 18.3 Å². The summed E-state index contributed by atoms with van der Waals surface area (Å²) in [4.78, 5) is 0. The second kappa shape index (κ2) is 14.4. The van der Waals surface area contributed by atoms with E-state index in [-0.39, 0.29) is 0 Å². The van der Waals surface area contributed by atoms with Crippen molar-refractivity contribution in [3.63, 3.8) is 0 Å². The molecule has 0 amide bonds. The first-order chi connectivity index (χ1) is 33.7. The first-order valence-corrected chi connectivity index (χ1v) is 22.8. The highest BCUT2D eigenvalue weighted by atomic mass is 15.0. The molecule has 0 bridgehead atoms. The lowest BCUT2D eigenvalue weighted by molar-refractivity contribution is 1.12. The second-order valence-corrected chi connectivity index (χ2v) is 17.5. The van der Waals surface area contributed by atoms with Gasteiger partial charge in [0.05, 0.1) is 66.6 Å². The zero-order chi connectivity index (χ0) is 45.0. The summed E-state index contributed by atoms with van der Waals surface area (Å²) in [6.07, 6.45) is 0. The maximum Gasteiger partial charge on any atom is 0.101 e. The third-order valence-corrected chi connectivity index (χ3v) is 14.0. The van der Waals surface area contributed by atoms with Gasteiger partial charge in [0, 0.05) is 60.0 Å². The maximum atomic E-state index is 11.4. The minimum absolute atomic E-state index is 0.405. The van der Waals surface area contributed by atoms with E-state index in [0.29, 0.717) is 22.5 Å². The van der Waals surface area contributed by atoms with Crippen molar-refractivity contribution in [2.24, 2.45) is 0 Å². The number of rotatable bonds is 5. The predicted octanol–water partition coefficient (Wildman–Crippen LogP) is 15.5. The van der Waals surface area contributed by atoms with Crippen LogP contribution in [0.5, 0.6) is 0 Å². The summed E-state index contributed by atoms with van der Waals surface area (Å²) in [5.41, 5.74) is 14.2. The van der Waals surface area contributed by atoms with E-state index in [9.17, 15) is 10.5 Å². The van der Waals surface area contributed by atoms with Crippen LogP contribution in [-0.4, -0.2) is 18.3 Å². The molecular formula is C62H36N6. The SMILES string of the molecule is N#Cc1cc(C#N)c(-n2c3ccccc3c3cc4c5ccccc5n(-c5ccccc5)c4cc32)c(-c2ccccc2)c1-n1c2ccccc2c2cc3c4ccccc4n(-c4ccccc4)c3cc21. The molecule has 0 atom stereocenters. The monoisotopic (exact) mass is 864 g/mol. The van der Waals surface area contributed by atoms with E-state index in [2.05, 4.69) is 212 Å². The fraction of sp³-hybridized carbons (Fsp3) is 0. The minimum Gasteiger partial charge on any atom is -0.309 e. The molecule has 0 aliphatic carbocycles. The van der Waals surface area contributed by atoms with Gasteiger partial charge in [-0.3, -0.25) is 0 Å². The molecule has 14 aromatic rings. The Balaban J connectivity index is 1.18. The summed E-state index contributed by atoms with van der Waals surface area (Å²) in [7, 11) is 0. The fourth-order valence-corrected chi connectivity index (χ4v) is 11.2. The van der Waals surface area contributed by atoms with E-state index in [4.69, 9.17) is 0 Å². The fourth-order valence-electron chi connectivity index (χ4n) is 11.2. The van der Waals surface area contributed by atoms with Crippen molar-refractivity contribution in [2.45, 2.75) is 0 Å². The molecule has 10 aromatic carbocycles. The molecule has 0 fully saturated rings. The average Bonchev–Trinajstić information content (AvgIpc) is 4.11. The van der Waals surface area contributed by atoms with Crippen molar-refractivity contribution in [3.05, 3.63) is 230 Å². The summed E-state index contributed by atoms with van der Waals surface area (Å²) in [6, 6.07) is 81.8. The molecule has 0 saturated carbocycles. The third kappa shape index (κ3) is 5.20. The molecule has 0 saturated heterocycles. The summed E-state index contributed by atoms with van der Waals surface area (Å²) >= 11 is 0. The molecule has 6 heteroatoms. The van der Waals surface area contributed by atoms with Gasteiger partial charge in [-0.25, -0.2) is 0 Å². The normalized spacial score (nSPS) is 11.8. The Bertz CT molecular complexity index is 4230. The summed E-state index contributed by atoms with van der Waals surface area (Å²) in [5, 5.41) is 31.8. The highest BCUT2D eigenvalue weighted by Crippen LogP contribution is 2.47. The Morgan fingerprint density at radius 3 is 0.941 bits per heavy atom. The number of benzene rings is 10. The first-order valence-electron chi connectivity index (χ1n) is 22.8. The molecule has 0 aliphatic heterocycles. The molecular weight excluding hydrogens is 829 g/mol. The summed E-state index contributed by atoms with van der Waals surface area (Å²) < 4.78 is 9.24. The average molecular weight is 865 g/mol. The lowest BCUT2D eigenvalue weighted by atomic mass is 9.93. The van der Waals surface area contributed by atoms with Crippen molar-refractivity contribution >= 4 is 87.2 Å². The van der Waals surface area contributed by atoms with E-state index in [0.717, 1.165) is 99.0 Å². The standard InChI is InChI=1S/C62H36N6/c63-37-40-32-41(38-64)62(68-55-31-17-13-27-47(55)51-34-49-45-25-11-15-29-53(45)66(57(49)36-59(51)68)43-22-8-3-9-23-43)60(39-18-4-1-5-19-39)61(40)67-54-30-16-12-26-46(54)50-33-48-44-24-10-14-28-52(44)65(56(48)35-58(50)67)42-20-6-2-7-21-42/h1-36H. The Morgan fingerprint density at radius 1 is 0.265 bits per heavy atom. The number of aromatic nitrogens is 4. The molecule has 68 heavy (non-hydrogen) atoms. The molecule has 6 nitrogen and oxygen atoms in total. The van der Waals surface area contributed by atoms with Gasteiger partial charge in [0.1, 0.15) is 12.1 Å². The van der Waals surface area contributed by atoms with Gasteiger partial charge in [0.25, 0.3) is 0 Å². The third-order valence-electron chi connectivity index (χ3n) is 14.0. The van der Waals surface area contributed by atoms with E-state index >= 15 is 0 Å². The molecule has 14 rings (SSSR count). The predicted molar refractivity (Wildman–Crippen MR) is 279 cm³/mol. The van der Waals surface area contributed by atoms with Gasteiger partial charge in [-0.1, -0.05) is 140 Å². The quantitative estimate of drug-likeness (QED) is 0.173. The molecule has 0 aliphatic rings. The zero-order valence-electron chi connectivity index (χ0n) is 36.5. The van der Waals surface area contributed by atoms with Crippen molar-refractivity contribution < 1.29 is 0 Å². The van der Waals surface area contributed by atoms with Crippen LogP contribution < -0.4 is 0 Å². The van der Waals surface area contributed by atoms with Gasteiger partial charge in [-0.05, 0) is 84.4 Å².